The minimum atomic E-state index is -0.330. The average molecular weight is 381 g/mol. The van der Waals surface area contributed by atoms with E-state index < -0.39 is 0 Å². The second-order valence-electron chi connectivity index (χ2n) is 6.54. The molecule has 0 fully saturated rings. The first kappa shape index (κ1) is 19.4. The highest BCUT2D eigenvalue weighted by Gasteiger charge is 2.28. The highest BCUT2D eigenvalue weighted by Crippen LogP contribution is 2.31. The Kier molecular flexibility index (Phi) is 5.93. The Bertz CT molecular complexity index is 897. The van der Waals surface area contributed by atoms with Crippen LogP contribution < -0.4 is 15.0 Å². The Hall–Kier alpha value is -3.35. The van der Waals surface area contributed by atoms with Gasteiger partial charge in [0.25, 0.3) is 5.91 Å². The Labute approximate surface area is 163 Å². The van der Waals surface area contributed by atoms with Crippen molar-refractivity contribution in [1.82, 2.24) is 4.90 Å². The molecule has 3 amide bonds. The first-order valence-electron chi connectivity index (χ1n) is 9.13. The van der Waals surface area contributed by atoms with Crippen LogP contribution in [0.1, 0.15) is 12.5 Å². The van der Waals surface area contributed by atoms with Crippen molar-refractivity contribution in [3.8, 4) is 5.75 Å². The second kappa shape index (κ2) is 8.56. The lowest BCUT2D eigenvalue weighted by Crippen LogP contribution is -2.46. The van der Waals surface area contributed by atoms with Gasteiger partial charge in [0.05, 0.1) is 12.2 Å². The summed E-state index contributed by atoms with van der Waals surface area (Å²) in [5, 5.41) is 2.84. The van der Waals surface area contributed by atoms with Gasteiger partial charge in [-0.2, -0.15) is 0 Å². The largest absolute Gasteiger partial charge is 0.482 e. The smallest absolute Gasteiger partial charge is 0.265 e. The Morgan fingerprint density at radius 1 is 1.14 bits per heavy atom. The lowest BCUT2D eigenvalue weighted by Gasteiger charge is -2.30. The summed E-state index contributed by atoms with van der Waals surface area (Å²) in [4.78, 5) is 39.8. The van der Waals surface area contributed by atoms with Crippen LogP contribution in [0.4, 0.5) is 11.4 Å². The molecule has 1 aliphatic rings. The van der Waals surface area contributed by atoms with Crippen LogP contribution in [0.3, 0.4) is 0 Å². The number of fused-ring (bicyclic) bond motifs is 1. The van der Waals surface area contributed by atoms with E-state index in [9.17, 15) is 14.4 Å². The molecule has 1 N–H and O–H groups in total. The fourth-order valence-electron chi connectivity index (χ4n) is 3.03. The SMILES string of the molecule is CCc1ccccc1NC(=O)CN(C)C(=O)CN1C(=O)COc2ccccc21. The van der Waals surface area contributed by atoms with Crippen molar-refractivity contribution >= 4 is 29.1 Å². The highest BCUT2D eigenvalue weighted by atomic mass is 16.5. The van der Waals surface area contributed by atoms with Gasteiger partial charge in [0.1, 0.15) is 12.3 Å². The maximum atomic E-state index is 12.6. The van der Waals surface area contributed by atoms with E-state index in [1.807, 2.05) is 31.2 Å². The summed E-state index contributed by atoms with van der Waals surface area (Å²) in [5.74, 6) is -0.345. The molecule has 1 heterocycles. The number of benzene rings is 2. The van der Waals surface area contributed by atoms with Crippen molar-refractivity contribution in [2.75, 3.05) is 37.0 Å². The van der Waals surface area contributed by atoms with E-state index in [2.05, 4.69) is 5.32 Å². The van der Waals surface area contributed by atoms with Crippen LogP contribution in [0.5, 0.6) is 5.75 Å². The summed E-state index contributed by atoms with van der Waals surface area (Å²) in [6.45, 7) is 1.66. The van der Waals surface area contributed by atoms with Crippen LogP contribution in [-0.2, 0) is 20.8 Å². The van der Waals surface area contributed by atoms with E-state index in [1.54, 1.807) is 31.3 Å². The van der Waals surface area contributed by atoms with E-state index in [1.165, 1.54) is 9.80 Å². The lowest BCUT2D eigenvalue weighted by molar-refractivity contribution is -0.133. The van der Waals surface area contributed by atoms with Crippen LogP contribution in [0.15, 0.2) is 48.5 Å². The standard InChI is InChI=1S/C21H23N3O4/c1-3-15-8-4-5-9-16(15)22-19(25)12-23(2)20(26)13-24-17-10-6-7-11-18(17)28-14-21(24)27/h4-11H,3,12-14H2,1-2H3,(H,22,25). The predicted octanol–water partition coefficient (Wildman–Crippen LogP) is 2.07. The number of carbonyl (C=O) groups excluding carboxylic acids is 3. The highest BCUT2D eigenvalue weighted by molar-refractivity contribution is 6.03. The van der Waals surface area contributed by atoms with Gasteiger partial charge in [-0.3, -0.25) is 19.3 Å². The number of nitrogens with zero attached hydrogens (tertiary/aromatic N) is 2. The monoisotopic (exact) mass is 381 g/mol. The van der Waals surface area contributed by atoms with E-state index in [0.29, 0.717) is 11.4 Å². The van der Waals surface area contributed by atoms with E-state index >= 15 is 0 Å². The summed E-state index contributed by atoms with van der Waals surface area (Å²) in [5.41, 5.74) is 2.33. The number of rotatable bonds is 6. The second-order valence-corrected chi connectivity index (χ2v) is 6.54. The summed E-state index contributed by atoms with van der Waals surface area (Å²) in [6.07, 6.45) is 0.795. The van der Waals surface area contributed by atoms with Crippen LogP contribution in [-0.4, -0.2) is 49.4 Å². The minimum Gasteiger partial charge on any atom is -0.482 e. The van der Waals surface area contributed by atoms with Gasteiger partial charge in [0.2, 0.25) is 11.8 Å². The minimum absolute atomic E-state index is 0.100. The van der Waals surface area contributed by atoms with Gasteiger partial charge >= 0.3 is 0 Å². The molecule has 7 heteroatoms. The number of likely N-dealkylation sites (N-methyl/N-ethyl adjacent to an activating group) is 1. The van der Waals surface area contributed by atoms with Crippen LogP contribution >= 0.6 is 0 Å². The maximum absolute atomic E-state index is 12.6. The van der Waals surface area contributed by atoms with Crippen LogP contribution in [0.2, 0.25) is 0 Å². The normalized spacial score (nSPS) is 12.8. The van der Waals surface area contributed by atoms with E-state index in [-0.39, 0.29) is 37.4 Å². The van der Waals surface area contributed by atoms with Gasteiger partial charge in [-0.05, 0) is 30.2 Å². The maximum Gasteiger partial charge on any atom is 0.265 e. The fourth-order valence-corrected chi connectivity index (χ4v) is 3.03. The summed E-state index contributed by atoms with van der Waals surface area (Å²) < 4.78 is 5.38. The summed E-state index contributed by atoms with van der Waals surface area (Å²) in [7, 11) is 1.55. The number of nitrogens with one attached hydrogen (secondary N) is 1. The molecule has 0 aromatic heterocycles. The van der Waals surface area contributed by atoms with Crippen LogP contribution in [0, 0.1) is 0 Å². The molecule has 0 spiro atoms. The van der Waals surface area contributed by atoms with Crippen molar-refractivity contribution in [3.63, 3.8) is 0 Å². The van der Waals surface area contributed by atoms with Crippen molar-refractivity contribution in [2.24, 2.45) is 0 Å². The third kappa shape index (κ3) is 4.31. The Balaban J connectivity index is 1.62. The third-order valence-corrected chi connectivity index (χ3v) is 4.58. The molecular weight excluding hydrogens is 358 g/mol. The number of para-hydroxylation sites is 3. The number of hydrogen-bond donors (Lipinski definition) is 1. The number of ether oxygens (including phenoxy) is 1. The average Bonchev–Trinajstić information content (AvgIpc) is 2.70. The molecule has 2 aromatic carbocycles. The van der Waals surface area contributed by atoms with Crippen LogP contribution in [0.25, 0.3) is 0 Å². The molecule has 3 rings (SSSR count). The number of hydrogen-bond acceptors (Lipinski definition) is 4. The molecule has 2 aromatic rings. The van der Waals surface area contributed by atoms with E-state index in [0.717, 1.165) is 17.7 Å². The van der Waals surface area contributed by atoms with Crippen molar-refractivity contribution < 1.29 is 19.1 Å². The first-order valence-corrected chi connectivity index (χ1v) is 9.13. The summed E-state index contributed by atoms with van der Waals surface area (Å²) >= 11 is 0. The van der Waals surface area contributed by atoms with Gasteiger partial charge in [-0.25, -0.2) is 0 Å². The van der Waals surface area contributed by atoms with Crippen molar-refractivity contribution in [1.29, 1.82) is 0 Å². The van der Waals surface area contributed by atoms with Crippen molar-refractivity contribution in [2.45, 2.75) is 13.3 Å². The van der Waals surface area contributed by atoms with Gasteiger partial charge in [0.15, 0.2) is 6.61 Å². The molecule has 0 radical (unpaired) electrons. The molecule has 0 aliphatic carbocycles. The number of anilines is 2. The van der Waals surface area contributed by atoms with Crippen molar-refractivity contribution in [3.05, 3.63) is 54.1 Å². The first-order chi connectivity index (χ1) is 13.5. The lowest BCUT2D eigenvalue weighted by atomic mass is 10.1. The predicted molar refractivity (Wildman–Crippen MR) is 106 cm³/mol. The van der Waals surface area contributed by atoms with Gasteiger partial charge < -0.3 is 15.0 Å². The topological polar surface area (TPSA) is 79.0 Å². The van der Waals surface area contributed by atoms with E-state index in [4.69, 9.17) is 4.74 Å². The third-order valence-electron chi connectivity index (χ3n) is 4.58. The molecule has 0 saturated heterocycles. The number of amides is 3. The fraction of sp³-hybridized carbons (Fsp3) is 0.286. The molecule has 0 atom stereocenters. The molecule has 0 bridgehead atoms. The molecule has 7 nitrogen and oxygen atoms in total. The Morgan fingerprint density at radius 2 is 1.86 bits per heavy atom. The molecule has 0 unspecified atom stereocenters. The molecule has 28 heavy (non-hydrogen) atoms. The van der Waals surface area contributed by atoms with Gasteiger partial charge in [-0.15, -0.1) is 0 Å². The zero-order valence-electron chi connectivity index (χ0n) is 16.0. The quantitative estimate of drug-likeness (QED) is 0.831. The Morgan fingerprint density at radius 3 is 2.64 bits per heavy atom. The molecular formula is C21H23N3O4. The molecule has 146 valence electrons. The molecule has 1 aliphatic heterocycles. The molecule has 0 saturated carbocycles. The summed E-state index contributed by atoms with van der Waals surface area (Å²) in [6, 6.07) is 14.6. The zero-order valence-corrected chi connectivity index (χ0v) is 16.0. The number of carbonyl (C=O) groups is 3. The zero-order chi connectivity index (χ0) is 20.1. The van der Waals surface area contributed by atoms with Gasteiger partial charge in [-0.1, -0.05) is 37.3 Å². The number of aryl methyl sites for hydroxylation is 1. The van der Waals surface area contributed by atoms with Gasteiger partial charge in [0, 0.05) is 12.7 Å².